The Morgan fingerprint density at radius 1 is 1.43 bits per heavy atom. The smallest absolute Gasteiger partial charge is 0.434 e. The minimum Gasteiger partial charge on any atom is -0.462 e. The number of ether oxygens (including phenoxy) is 1. The van der Waals surface area contributed by atoms with Crippen LogP contribution < -0.4 is 11.2 Å². The molecular weight excluding hydrogens is 379 g/mol. The molecule has 0 fully saturated rings. The van der Waals surface area contributed by atoms with Crippen molar-refractivity contribution < 1.29 is 22.7 Å². The Kier molecular flexibility index (Phi) is 5.99. The van der Waals surface area contributed by atoms with E-state index >= 15 is 0 Å². The molecule has 0 saturated carbocycles. The van der Waals surface area contributed by atoms with Crippen LogP contribution in [-0.4, -0.2) is 33.9 Å². The van der Waals surface area contributed by atoms with E-state index < -0.39 is 29.2 Å². The number of esters is 1. The predicted octanol–water partition coefficient (Wildman–Crippen LogP) is 2.30. The van der Waals surface area contributed by atoms with Gasteiger partial charge in [-0.2, -0.15) is 28.6 Å². The molecule has 146 valence electrons. The number of nitrogens with one attached hydrogen (secondary N) is 2. The number of anilines is 1. The second-order valence-corrected chi connectivity index (χ2v) is 5.18. The average molecular weight is 393 g/mol. The monoisotopic (exact) mass is 393 g/mol. The van der Waals surface area contributed by atoms with Gasteiger partial charge in [-0.15, -0.1) is 0 Å². The van der Waals surface area contributed by atoms with Crippen LogP contribution in [0.2, 0.25) is 0 Å². The lowest BCUT2D eigenvalue weighted by molar-refractivity contribution is -0.143. The van der Waals surface area contributed by atoms with Gasteiger partial charge in [0.2, 0.25) is 5.71 Å². The van der Waals surface area contributed by atoms with Crippen molar-refractivity contribution in [2.45, 2.75) is 13.1 Å². The molecule has 1 aromatic heterocycles. The van der Waals surface area contributed by atoms with E-state index in [0.717, 1.165) is 6.20 Å². The third kappa shape index (κ3) is 4.44. The predicted molar refractivity (Wildman–Crippen MR) is 93.1 cm³/mol. The summed E-state index contributed by atoms with van der Waals surface area (Å²) in [7, 11) is 0. The maximum Gasteiger partial charge on any atom is 0.434 e. The van der Waals surface area contributed by atoms with E-state index in [4.69, 9.17) is 16.4 Å². The minimum atomic E-state index is -4.84. The first-order chi connectivity index (χ1) is 13.2. The molecule has 1 aromatic carbocycles. The summed E-state index contributed by atoms with van der Waals surface area (Å²) in [6.45, 7) is 1.40. The Bertz CT molecular complexity index is 956. The molecule has 0 radical (unpaired) electrons. The van der Waals surface area contributed by atoms with Crippen molar-refractivity contribution in [1.82, 2.24) is 9.78 Å². The number of alkyl halides is 3. The number of hydrogen-bond donors (Lipinski definition) is 3. The van der Waals surface area contributed by atoms with Crippen LogP contribution in [0.5, 0.6) is 0 Å². The topological polar surface area (TPSA) is 142 Å². The Hall–Kier alpha value is -3.88. The van der Waals surface area contributed by atoms with Crippen molar-refractivity contribution >= 4 is 23.2 Å². The lowest BCUT2D eigenvalue weighted by Gasteiger charge is -2.12. The number of nitrogens with two attached hydrogens (primary N) is 1. The van der Waals surface area contributed by atoms with Gasteiger partial charge < -0.3 is 10.5 Å². The molecule has 0 atom stereocenters. The van der Waals surface area contributed by atoms with Crippen molar-refractivity contribution in [3.8, 4) is 11.8 Å². The van der Waals surface area contributed by atoms with Crippen molar-refractivity contribution in [2.24, 2.45) is 10.8 Å². The van der Waals surface area contributed by atoms with Gasteiger partial charge in [0.1, 0.15) is 11.6 Å². The summed E-state index contributed by atoms with van der Waals surface area (Å²) in [6.07, 6.45) is -4.05. The van der Waals surface area contributed by atoms with E-state index in [2.05, 4.69) is 20.4 Å². The van der Waals surface area contributed by atoms with Gasteiger partial charge >= 0.3 is 12.1 Å². The summed E-state index contributed by atoms with van der Waals surface area (Å²) >= 11 is 0. The number of nitrogens with zero attached hydrogens (tertiary/aromatic N) is 4. The molecule has 9 nitrogen and oxygen atoms in total. The molecule has 0 bridgehead atoms. The number of hydrazone groups is 1. The Balaban J connectivity index is 2.37. The number of nitriles is 1. The maximum atomic E-state index is 13.5. The summed E-state index contributed by atoms with van der Waals surface area (Å²) < 4.78 is 45.6. The quantitative estimate of drug-likeness (QED) is 0.297. The van der Waals surface area contributed by atoms with Crippen molar-refractivity contribution in [2.75, 3.05) is 12.0 Å². The third-order valence-electron chi connectivity index (χ3n) is 3.30. The molecule has 2 aromatic rings. The van der Waals surface area contributed by atoms with E-state index in [9.17, 15) is 18.0 Å². The van der Waals surface area contributed by atoms with E-state index in [1.54, 1.807) is 6.07 Å². The molecule has 28 heavy (non-hydrogen) atoms. The van der Waals surface area contributed by atoms with E-state index in [0.29, 0.717) is 10.4 Å². The highest BCUT2D eigenvalue weighted by Gasteiger charge is 2.41. The molecule has 0 aliphatic heterocycles. The zero-order valence-corrected chi connectivity index (χ0v) is 14.4. The molecule has 1 heterocycles. The standard InChI is InChI=1S/C16H14F3N7O2/c1-2-28-15(27)11-8-23-26(13(11)16(17,18)19)10-5-3-9(4-6-10)24-25-12(7-20)14(21)22/h3-6,8,24H,2H2,1H3,(H3,21,22)/b25-12+. The van der Waals surface area contributed by atoms with Gasteiger partial charge in [0.25, 0.3) is 0 Å². The van der Waals surface area contributed by atoms with Crippen LogP contribution in [0.25, 0.3) is 5.69 Å². The van der Waals surface area contributed by atoms with Crippen molar-refractivity contribution in [3.05, 3.63) is 41.7 Å². The first-order valence-electron chi connectivity index (χ1n) is 7.70. The molecule has 0 aliphatic rings. The van der Waals surface area contributed by atoms with Gasteiger partial charge in [-0.3, -0.25) is 10.8 Å². The fraction of sp³-hybridized carbons (Fsp3) is 0.188. The van der Waals surface area contributed by atoms with Crippen LogP contribution in [0.1, 0.15) is 23.0 Å². The van der Waals surface area contributed by atoms with Crippen molar-refractivity contribution in [1.29, 1.82) is 10.7 Å². The fourth-order valence-corrected chi connectivity index (χ4v) is 2.12. The number of benzene rings is 1. The molecule has 0 spiro atoms. The van der Waals surface area contributed by atoms with Crippen LogP contribution in [0.4, 0.5) is 18.9 Å². The van der Waals surface area contributed by atoms with Crippen LogP contribution in [0.15, 0.2) is 35.6 Å². The number of carbonyl (C=O) groups is 1. The summed E-state index contributed by atoms with van der Waals surface area (Å²) in [4.78, 5) is 11.8. The second-order valence-electron chi connectivity index (χ2n) is 5.18. The van der Waals surface area contributed by atoms with Crippen molar-refractivity contribution in [3.63, 3.8) is 0 Å². The number of carbonyl (C=O) groups excluding carboxylic acids is 1. The van der Waals surface area contributed by atoms with Gasteiger partial charge in [0.05, 0.1) is 24.2 Å². The van der Waals surface area contributed by atoms with Crippen LogP contribution >= 0.6 is 0 Å². The molecule has 0 unspecified atom stereocenters. The van der Waals surface area contributed by atoms with Gasteiger partial charge in [-0.1, -0.05) is 0 Å². The summed E-state index contributed by atoms with van der Waals surface area (Å²) in [5.41, 5.74) is 5.66. The molecular formula is C16H14F3N7O2. The largest absolute Gasteiger partial charge is 0.462 e. The fourth-order valence-electron chi connectivity index (χ4n) is 2.12. The zero-order valence-electron chi connectivity index (χ0n) is 14.4. The number of amidine groups is 1. The molecule has 0 amide bonds. The van der Waals surface area contributed by atoms with E-state index in [-0.39, 0.29) is 18.0 Å². The highest BCUT2D eigenvalue weighted by Crippen LogP contribution is 2.34. The second kappa shape index (κ2) is 8.21. The van der Waals surface area contributed by atoms with E-state index in [1.807, 2.05) is 0 Å². The lowest BCUT2D eigenvalue weighted by atomic mass is 10.2. The van der Waals surface area contributed by atoms with Gasteiger partial charge in [-0.05, 0) is 31.2 Å². The Labute approximate surface area is 156 Å². The number of rotatable bonds is 6. The molecule has 2 rings (SSSR count). The van der Waals surface area contributed by atoms with Gasteiger partial charge in [-0.25, -0.2) is 9.48 Å². The van der Waals surface area contributed by atoms with Crippen LogP contribution in [0, 0.1) is 16.7 Å². The zero-order chi connectivity index (χ0) is 20.9. The minimum absolute atomic E-state index is 0.0319. The number of hydrogen-bond acceptors (Lipinski definition) is 7. The number of halogens is 3. The lowest BCUT2D eigenvalue weighted by Crippen LogP contribution is -2.21. The SMILES string of the molecule is CCOC(=O)c1cnn(-c2ccc(N/N=C(\C#N)C(=N)N)cc2)c1C(F)(F)F. The number of aromatic nitrogens is 2. The Morgan fingerprint density at radius 3 is 2.57 bits per heavy atom. The van der Waals surface area contributed by atoms with Crippen LogP contribution in [0.3, 0.4) is 0 Å². The molecule has 12 heteroatoms. The van der Waals surface area contributed by atoms with Gasteiger partial charge in [0, 0.05) is 0 Å². The molecule has 4 N–H and O–H groups in total. The maximum absolute atomic E-state index is 13.5. The summed E-state index contributed by atoms with van der Waals surface area (Å²) in [6, 6.07) is 6.96. The van der Waals surface area contributed by atoms with Crippen LogP contribution in [-0.2, 0) is 10.9 Å². The normalized spacial score (nSPS) is 11.6. The van der Waals surface area contributed by atoms with Gasteiger partial charge in [0.15, 0.2) is 11.5 Å². The van der Waals surface area contributed by atoms with E-state index in [1.165, 1.54) is 31.2 Å². The Morgan fingerprint density at radius 2 is 2.07 bits per heavy atom. The third-order valence-corrected chi connectivity index (χ3v) is 3.30. The molecule has 0 aliphatic carbocycles. The summed E-state index contributed by atoms with van der Waals surface area (Å²) in [5, 5.41) is 23.2. The molecule has 0 saturated heterocycles. The first-order valence-corrected chi connectivity index (χ1v) is 7.70. The average Bonchev–Trinajstić information content (AvgIpc) is 3.08. The summed E-state index contributed by atoms with van der Waals surface area (Å²) in [5.74, 6) is -1.66. The highest BCUT2D eigenvalue weighted by atomic mass is 19.4. The first kappa shape index (κ1) is 20.4. The highest BCUT2D eigenvalue weighted by molar-refractivity contribution is 6.45.